The number of nitrogens with one attached hydrogen (secondary N) is 2. The first-order valence-electron chi connectivity index (χ1n) is 19.7. The van der Waals surface area contributed by atoms with E-state index in [-0.39, 0.29) is 37.1 Å². The van der Waals surface area contributed by atoms with Gasteiger partial charge in [-0.1, -0.05) is 62.1 Å². The number of benzene rings is 2. The maximum atomic E-state index is 12.9. The van der Waals surface area contributed by atoms with Crippen molar-refractivity contribution in [3.8, 4) is 35.4 Å². The molecule has 1 spiro atoms. The summed E-state index contributed by atoms with van der Waals surface area (Å²) in [5.74, 6) is 11.0. The van der Waals surface area contributed by atoms with Gasteiger partial charge in [-0.05, 0) is 84.0 Å². The van der Waals surface area contributed by atoms with Crippen LogP contribution in [-0.4, -0.2) is 58.8 Å². The van der Waals surface area contributed by atoms with E-state index in [1.165, 1.54) is 11.1 Å². The number of allylic oxidation sites excluding steroid dienone is 1. The predicted molar refractivity (Wildman–Crippen MR) is 204 cm³/mol. The highest BCUT2D eigenvalue weighted by atomic mass is 16.5. The highest BCUT2D eigenvalue weighted by Gasteiger charge is 2.51. The molecular formula is C44H51N4O6+. The molecule has 0 amide bonds. The van der Waals surface area contributed by atoms with E-state index in [1.54, 1.807) is 0 Å². The van der Waals surface area contributed by atoms with Crippen LogP contribution in [0.4, 0.5) is 0 Å². The van der Waals surface area contributed by atoms with E-state index < -0.39 is 30.0 Å². The minimum Gasteiger partial charge on any atom is -0.437 e. The van der Waals surface area contributed by atoms with E-state index in [2.05, 4.69) is 35.4 Å². The first-order chi connectivity index (χ1) is 26.2. The second kappa shape index (κ2) is 15.5. The summed E-state index contributed by atoms with van der Waals surface area (Å²) in [6.45, 7) is 3.42. The lowest BCUT2D eigenvalue weighted by Crippen LogP contribution is -3.12. The zero-order valence-corrected chi connectivity index (χ0v) is 31.0. The van der Waals surface area contributed by atoms with Crippen molar-refractivity contribution < 1.29 is 34.5 Å². The quantitative estimate of drug-likeness (QED) is 0.215. The van der Waals surface area contributed by atoms with Gasteiger partial charge in [0.05, 0.1) is 23.8 Å². The first-order valence-corrected chi connectivity index (χ1v) is 19.7. The summed E-state index contributed by atoms with van der Waals surface area (Å²) in [7, 11) is 0. The summed E-state index contributed by atoms with van der Waals surface area (Å²) < 4.78 is 13.2. The molecular weight excluding hydrogens is 681 g/mol. The minimum absolute atomic E-state index is 0.0161. The fourth-order valence-electron chi connectivity index (χ4n) is 9.32. The molecule has 0 aromatic heterocycles. The van der Waals surface area contributed by atoms with Crippen LogP contribution in [0, 0.1) is 35.2 Å². The van der Waals surface area contributed by atoms with Gasteiger partial charge in [0.2, 0.25) is 0 Å². The molecule has 6 aliphatic rings. The maximum absolute atomic E-state index is 12.9. The molecule has 2 aromatic carbocycles. The fraction of sp³-hybridized carbons (Fsp3) is 0.500. The molecule has 10 heteroatoms. The lowest BCUT2D eigenvalue weighted by Gasteiger charge is -2.36. The number of aliphatic hydroxyl groups excluding tert-OH is 3. The Hall–Kier alpha value is -4.26. The molecule has 10 nitrogen and oxygen atoms in total. The van der Waals surface area contributed by atoms with E-state index in [9.17, 15) is 20.1 Å². The molecule has 7 unspecified atom stereocenters. The second-order valence-electron chi connectivity index (χ2n) is 15.9. The van der Waals surface area contributed by atoms with Crippen molar-refractivity contribution in [2.24, 2.45) is 22.1 Å². The van der Waals surface area contributed by atoms with Crippen molar-refractivity contribution in [2.75, 3.05) is 13.1 Å². The number of nitrogens with zero attached hydrogens (tertiary/aromatic N) is 1. The highest BCUT2D eigenvalue weighted by Crippen LogP contribution is 2.47. The summed E-state index contributed by atoms with van der Waals surface area (Å²) in [5, 5.41) is 35.7. The van der Waals surface area contributed by atoms with Crippen molar-refractivity contribution in [2.45, 2.75) is 115 Å². The topological polar surface area (TPSA) is 151 Å². The Morgan fingerprint density at radius 3 is 2.78 bits per heavy atom. The molecule has 1 aliphatic carbocycles. The van der Waals surface area contributed by atoms with Crippen LogP contribution in [0.5, 0.6) is 11.5 Å². The number of ketones is 1. The zero-order valence-electron chi connectivity index (χ0n) is 31.0. The highest BCUT2D eigenvalue weighted by molar-refractivity contribution is 5.87. The number of hydrogen-bond donors (Lipinski definition) is 6. The Balaban J connectivity index is 1.14. The van der Waals surface area contributed by atoms with Gasteiger partial charge in [0.1, 0.15) is 42.4 Å². The minimum atomic E-state index is -1.02. The van der Waals surface area contributed by atoms with Crippen LogP contribution in [-0.2, 0) is 24.1 Å². The van der Waals surface area contributed by atoms with E-state index in [4.69, 9.17) is 20.2 Å². The number of hydrogen-bond acceptors (Lipinski definition) is 9. The van der Waals surface area contributed by atoms with Crippen LogP contribution in [0.15, 0.2) is 58.4 Å². The van der Waals surface area contributed by atoms with Crippen LogP contribution in [0.2, 0.25) is 0 Å². The summed E-state index contributed by atoms with van der Waals surface area (Å²) in [6, 6.07) is 9.73. The Morgan fingerprint density at radius 1 is 1.11 bits per heavy atom. The Morgan fingerprint density at radius 2 is 1.94 bits per heavy atom. The van der Waals surface area contributed by atoms with Gasteiger partial charge in [-0.15, -0.1) is 0 Å². The SMILES string of the molecule is CCCC(O)CC(O)CC(=O)CCc1ccc2c(c1)OC1C(C#CC(O)c3ccc4c(c3CC3=C5C[NH+]1C=C5N=C3)CCNC4N)C1(C#CO2)CCCC1. The predicted octanol–water partition coefficient (Wildman–Crippen LogP) is 3.24. The third-order valence-corrected chi connectivity index (χ3v) is 12.2. The number of nitrogens with two attached hydrogens (primary N) is 1. The molecule has 2 aromatic rings. The monoisotopic (exact) mass is 731 g/mol. The van der Waals surface area contributed by atoms with Gasteiger partial charge in [0.15, 0.2) is 11.5 Å². The Bertz CT molecular complexity index is 2020. The van der Waals surface area contributed by atoms with Crippen molar-refractivity contribution in [1.29, 1.82) is 0 Å². The molecule has 7 N–H and O–H groups in total. The molecule has 1 saturated carbocycles. The molecule has 2 bridgehead atoms. The van der Waals surface area contributed by atoms with E-state index in [0.717, 1.165) is 83.5 Å². The lowest BCUT2D eigenvalue weighted by molar-refractivity contribution is -0.891. The second-order valence-corrected chi connectivity index (χ2v) is 15.9. The Labute approximate surface area is 317 Å². The summed E-state index contributed by atoms with van der Waals surface area (Å²) in [6.07, 6.45) is 11.5. The number of aliphatic hydroxyl groups is 3. The number of ether oxygens (including phenoxy) is 2. The smallest absolute Gasteiger partial charge is 0.252 e. The lowest BCUT2D eigenvalue weighted by atomic mass is 9.73. The Kier molecular flexibility index (Phi) is 10.5. The van der Waals surface area contributed by atoms with Gasteiger partial charge in [0, 0.05) is 37.6 Å². The van der Waals surface area contributed by atoms with Crippen molar-refractivity contribution in [1.82, 2.24) is 5.32 Å². The summed E-state index contributed by atoms with van der Waals surface area (Å²) in [4.78, 5) is 18.8. The number of aryl methyl sites for hydroxylation is 1. The van der Waals surface area contributed by atoms with Gasteiger partial charge in [-0.2, -0.15) is 0 Å². The van der Waals surface area contributed by atoms with Crippen LogP contribution in [0.3, 0.4) is 0 Å². The number of rotatable bonds is 9. The summed E-state index contributed by atoms with van der Waals surface area (Å²) >= 11 is 0. The van der Waals surface area contributed by atoms with Gasteiger partial charge in [0.25, 0.3) is 6.23 Å². The fourth-order valence-corrected chi connectivity index (χ4v) is 9.32. The molecule has 1 fully saturated rings. The van der Waals surface area contributed by atoms with Crippen LogP contribution >= 0.6 is 0 Å². The average Bonchev–Trinajstić information content (AvgIpc) is 3.89. The average molecular weight is 732 g/mol. The van der Waals surface area contributed by atoms with Crippen LogP contribution < -0.4 is 25.4 Å². The van der Waals surface area contributed by atoms with E-state index in [0.29, 0.717) is 37.3 Å². The van der Waals surface area contributed by atoms with Gasteiger partial charge < -0.3 is 30.5 Å². The summed E-state index contributed by atoms with van der Waals surface area (Å²) in [5.41, 5.74) is 14.3. The van der Waals surface area contributed by atoms with Crippen molar-refractivity contribution >= 4 is 12.0 Å². The van der Waals surface area contributed by atoms with Gasteiger partial charge >= 0.3 is 0 Å². The molecule has 7 atom stereocenters. The number of Topliss-reactive ketones (excluding diaryl/α,β-unsaturated/α-hetero) is 1. The number of carbonyl (C=O) groups excluding carboxylic acids is 1. The molecule has 8 rings (SSSR count). The van der Waals surface area contributed by atoms with Crippen LogP contribution in [0.1, 0.15) is 105 Å². The van der Waals surface area contributed by atoms with Crippen molar-refractivity contribution in [3.05, 3.63) is 81.2 Å². The maximum Gasteiger partial charge on any atom is 0.252 e. The standard InChI is InChI=1S/C44H50N4O6/c1-2-5-29(49)22-31(51)23-30(50)8-6-27-7-13-40-41(20-27)54-43-37(44(17-19-53-40)15-3-4-16-44)11-12-39(52)33-9-10-34-32(14-18-46-42(34)45)35(33)21-28-24-47-38-26-48(43)25-36(28)38/h7,9-10,13,20,24,26,29,31,37,39,42-43,46,49,51-52H,2-6,8,14-16,18,21-23,25,45H2,1H3/p+1. The molecule has 5 heterocycles. The van der Waals surface area contributed by atoms with Crippen LogP contribution in [0.25, 0.3) is 0 Å². The molecule has 282 valence electrons. The number of aliphatic imine (C=N–C) groups is 1. The third kappa shape index (κ3) is 7.27. The molecule has 5 aliphatic heterocycles. The number of quaternary nitrogens is 1. The van der Waals surface area contributed by atoms with E-state index >= 15 is 0 Å². The third-order valence-electron chi connectivity index (χ3n) is 12.2. The van der Waals surface area contributed by atoms with Crippen molar-refractivity contribution in [3.63, 3.8) is 0 Å². The van der Waals surface area contributed by atoms with Gasteiger partial charge in [-0.3, -0.25) is 20.0 Å². The first kappa shape index (κ1) is 36.7. The number of carbonyl (C=O) groups is 1. The number of fused-ring (bicyclic) bond motifs is 8. The largest absolute Gasteiger partial charge is 0.437 e. The normalized spacial score (nSPS) is 26.9. The van der Waals surface area contributed by atoms with E-state index in [1.807, 2.05) is 43.5 Å². The zero-order chi connectivity index (χ0) is 37.4. The van der Waals surface area contributed by atoms with Gasteiger partial charge in [-0.25, -0.2) is 0 Å². The molecule has 0 saturated heterocycles. The molecule has 0 radical (unpaired) electrons. The molecule has 54 heavy (non-hydrogen) atoms.